The molecule has 190 valence electrons. The highest BCUT2D eigenvalue weighted by molar-refractivity contribution is 5.97. The van der Waals surface area contributed by atoms with E-state index in [9.17, 15) is 9.59 Å². The molecule has 0 bridgehead atoms. The Kier molecular flexibility index (Phi) is 10.4. The van der Waals surface area contributed by atoms with Crippen LogP contribution in [0.1, 0.15) is 57.4 Å². The summed E-state index contributed by atoms with van der Waals surface area (Å²) in [6.45, 7) is 8.51. The highest BCUT2D eigenvalue weighted by Gasteiger charge is 2.33. The number of hydrogen-bond acceptors (Lipinski definition) is 7. The average Bonchev–Trinajstić information content (AvgIpc) is 3.56. The number of aromatic nitrogens is 6. The molecule has 3 aromatic heterocycles. The molecule has 4 heterocycles. The number of carbonyl (C=O) groups excluding carboxylic acids is 2. The Bertz CT molecular complexity index is 1090. The largest absolute Gasteiger partial charge is 0.481 e. The second kappa shape index (κ2) is 13.2. The van der Waals surface area contributed by atoms with Gasteiger partial charge in [-0.25, -0.2) is 9.67 Å². The normalized spacial score (nSPS) is 14.7. The van der Waals surface area contributed by atoms with E-state index in [1.165, 1.54) is 0 Å². The maximum atomic E-state index is 13.4. The van der Waals surface area contributed by atoms with E-state index < -0.39 is 6.04 Å². The molecule has 1 aliphatic heterocycles. The highest BCUT2D eigenvalue weighted by Crippen LogP contribution is 2.25. The first-order valence-electron chi connectivity index (χ1n) is 12.0. The molecule has 1 aliphatic rings. The molecular weight excluding hydrogens is 448 g/mol. The first kappa shape index (κ1) is 27.5. The lowest BCUT2D eigenvalue weighted by molar-refractivity contribution is -0.126. The van der Waals surface area contributed by atoms with E-state index >= 15 is 0 Å². The molecule has 4 rings (SSSR count). The number of aryl methyl sites for hydroxylation is 1. The van der Waals surface area contributed by atoms with Gasteiger partial charge in [-0.15, -0.1) is 5.10 Å². The number of ether oxygens (including phenoxy) is 1. The van der Waals surface area contributed by atoms with Crippen LogP contribution in [0.5, 0.6) is 5.88 Å². The van der Waals surface area contributed by atoms with Gasteiger partial charge in [-0.05, 0) is 31.4 Å². The van der Waals surface area contributed by atoms with E-state index in [0.717, 1.165) is 12.8 Å². The summed E-state index contributed by atoms with van der Waals surface area (Å²) in [4.78, 5) is 31.5. The molecule has 1 atom stereocenters. The van der Waals surface area contributed by atoms with Crippen LogP contribution in [-0.4, -0.2) is 73.2 Å². The maximum absolute atomic E-state index is 13.4. The van der Waals surface area contributed by atoms with Crippen LogP contribution < -0.4 is 10.1 Å². The number of rotatable bonds is 5. The van der Waals surface area contributed by atoms with Gasteiger partial charge in [0.25, 0.3) is 5.91 Å². The molecule has 0 radical (unpaired) electrons. The van der Waals surface area contributed by atoms with E-state index in [4.69, 9.17) is 4.74 Å². The molecule has 3 aromatic rings. The monoisotopic (exact) mass is 484 g/mol. The van der Waals surface area contributed by atoms with Gasteiger partial charge in [0.2, 0.25) is 11.8 Å². The van der Waals surface area contributed by atoms with Gasteiger partial charge >= 0.3 is 0 Å². The SMILES string of the molecule is CC.CC.CNC(=O)C1CCCCN1C(=O)c1cc(-c2cn(C)nn2)n(-c2ccc(OC)nc2)n1. The number of piperidine rings is 1. The Morgan fingerprint density at radius 3 is 2.46 bits per heavy atom. The van der Waals surface area contributed by atoms with Gasteiger partial charge in [0.05, 0.1) is 30.9 Å². The zero-order chi connectivity index (χ0) is 26.0. The van der Waals surface area contributed by atoms with Crippen molar-refractivity contribution in [3.8, 4) is 23.0 Å². The lowest BCUT2D eigenvalue weighted by Gasteiger charge is -2.33. The van der Waals surface area contributed by atoms with Crippen LogP contribution in [0.15, 0.2) is 30.6 Å². The van der Waals surface area contributed by atoms with Gasteiger partial charge in [0.15, 0.2) is 5.69 Å². The standard InChI is InChI=1S/C20H24N8O3.2C2H6/c1-21-19(29)16-6-4-5-9-27(16)20(30)14-10-17(15-12-26(2)25-23-15)28(24-14)13-7-8-18(31-3)22-11-13;2*1-2/h7-8,10-12,16H,4-6,9H2,1-3H3,(H,21,29);2*1-2H3. The minimum atomic E-state index is -0.501. The summed E-state index contributed by atoms with van der Waals surface area (Å²) in [5, 5.41) is 15.4. The van der Waals surface area contributed by atoms with Crippen molar-refractivity contribution in [2.75, 3.05) is 20.7 Å². The molecule has 0 spiro atoms. The quantitative estimate of drug-likeness (QED) is 0.591. The summed E-state index contributed by atoms with van der Waals surface area (Å²) in [6.07, 6.45) is 5.73. The fraction of sp³-hybridized carbons (Fsp3) is 0.500. The molecule has 1 saturated heterocycles. The average molecular weight is 485 g/mol. The Balaban J connectivity index is 0.00000103. The topological polar surface area (TPSA) is 120 Å². The van der Waals surface area contributed by atoms with Crippen LogP contribution in [0.25, 0.3) is 17.1 Å². The van der Waals surface area contributed by atoms with Crippen molar-refractivity contribution in [1.29, 1.82) is 0 Å². The molecule has 0 saturated carbocycles. The van der Waals surface area contributed by atoms with Gasteiger partial charge in [0.1, 0.15) is 11.7 Å². The number of likely N-dealkylation sites (tertiary alicyclic amines) is 1. The van der Waals surface area contributed by atoms with Crippen LogP contribution in [0.4, 0.5) is 0 Å². The van der Waals surface area contributed by atoms with Crippen LogP contribution in [0.2, 0.25) is 0 Å². The van der Waals surface area contributed by atoms with Crippen LogP contribution in [0.3, 0.4) is 0 Å². The summed E-state index contributed by atoms with van der Waals surface area (Å²) in [6, 6.07) is 4.68. The first-order valence-corrected chi connectivity index (χ1v) is 12.0. The van der Waals surface area contributed by atoms with Crippen LogP contribution in [-0.2, 0) is 11.8 Å². The van der Waals surface area contributed by atoms with Crippen LogP contribution in [0, 0.1) is 0 Å². The predicted octanol–water partition coefficient (Wildman–Crippen LogP) is 2.86. The number of hydrogen-bond donors (Lipinski definition) is 1. The molecule has 0 aromatic carbocycles. The van der Waals surface area contributed by atoms with Gasteiger partial charge in [0, 0.05) is 26.7 Å². The van der Waals surface area contributed by atoms with E-state index in [0.29, 0.717) is 35.9 Å². The van der Waals surface area contributed by atoms with E-state index in [-0.39, 0.29) is 17.5 Å². The lowest BCUT2D eigenvalue weighted by atomic mass is 10.0. The zero-order valence-corrected chi connectivity index (χ0v) is 21.6. The third-order valence-corrected chi connectivity index (χ3v) is 5.28. The summed E-state index contributed by atoms with van der Waals surface area (Å²) in [7, 11) is 4.89. The number of amides is 2. The zero-order valence-electron chi connectivity index (χ0n) is 21.6. The number of pyridine rings is 1. The summed E-state index contributed by atoms with van der Waals surface area (Å²) < 4.78 is 8.30. The first-order chi connectivity index (χ1) is 17.0. The summed E-state index contributed by atoms with van der Waals surface area (Å²) in [5.41, 5.74) is 2.03. The fourth-order valence-electron chi connectivity index (χ4n) is 3.71. The van der Waals surface area contributed by atoms with Crippen molar-refractivity contribution in [1.82, 2.24) is 40.0 Å². The van der Waals surface area contributed by atoms with Crippen molar-refractivity contribution >= 4 is 11.8 Å². The number of nitrogens with zero attached hydrogens (tertiary/aromatic N) is 7. The maximum Gasteiger partial charge on any atom is 0.275 e. The van der Waals surface area contributed by atoms with E-state index in [1.807, 2.05) is 27.7 Å². The third-order valence-electron chi connectivity index (χ3n) is 5.28. The summed E-state index contributed by atoms with van der Waals surface area (Å²) in [5.74, 6) is 0.00893. The molecule has 0 aliphatic carbocycles. The van der Waals surface area contributed by atoms with Crippen molar-refractivity contribution < 1.29 is 14.3 Å². The Morgan fingerprint density at radius 1 is 1.14 bits per heavy atom. The smallest absolute Gasteiger partial charge is 0.275 e. The van der Waals surface area contributed by atoms with Gasteiger partial charge in [-0.1, -0.05) is 32.9 Å². The third kappa shape index (κ3) is 6.23. The fourth-order valence-corrected chi connectivity index (χ4v) is 3.71. The second-order valence-corrected chi connectivity index (χ2v) is 7.29. The minimum absolute atomic E-state index is 0.166. The molecule has 35 heavy (non-hydrogen) atoms. The van der Waals surface area contributed by atoms with Gasteiger partial charge in [-0.2, -0.15) is 5.10 Å². The lowest BCUT2D eigenvalue weighted by Crippen LogP contribution is -2.51. The van der Waals surface area contributed by atoms with Crippen molar-refractivity contribution in [3.63, 3.8) is 0 Å². The highest BCUT2D eigenvalue weighted by atomic mass is 16.5. The van der Waals surface area contributed by atoms with E-state index in [2.05, 4.69) is 25.7 Å². The Labute approximate surface area is 206 Å². The molecule has 1 unspecified atom stereocenters. The molecule has 1 fully saturated rings. The predicted molar refractivity (Wildman–Crippen MR) is 133 cm³/mol. The Hall–Kier alpha value is -3.76. The van der Waals surface area contributed by atoms with Crippen LogP contribution >= 0.6 is 0 Å². The Morgan fingerprint density at radius 2 is 1.89 bits per heavy atom. The number of likely N-dealkylation sites (N-methyl/N-ethyl adjacent to an activating group) is 1. The second-order valence-electron chi connectivity index (χ2n) is 7.29. The van der Waals surface area contributed by atoms with Gasteiger partial charge in [-0.3, -0.25) is 14.3 Å². The number of carbonyl (C=O) groups is 2. The number of nitrogens with one attached hydrogen (secondary N) is 1. The molecule has 1 N–H and O–H groups in total. The van der Waals surface area contributed by atoms with E-state index in [1.54, 1.807) is 66.1 Å². The number of methoxy groups -OCH3 is 1. The molecule has 11 heteroatoms. The van der Waals surface area contributed by atoms with Crippen molar-refractivity contribution in [2.24, 2.45) is 7.05 Å². The summed E-state index contributed by atoms with van der Waals surface area (Å²) >= 11 is 0. The minimum Gasteiger partial charge on any atom is -0.481 e. The molecule has 11 nitrogen and oxygen atoms in total. The van der Waals surface area contributed by atoms with Crippen molar-refractivity contribution in [2.45, 2.75) is 53.0 Å². The molecular formula is C24H36N8O3. The van der Waals surface area contributed by atoms with Crippen molar-refractivity contribution in [3.05, 3.63) is 36.3 Å². The molecule has 2 amide bonds. The van der Waals surface area contributed by atoms with Gasteiger partial charge < -0.3 is 15.0 Å².